The SMILES string of the molecule is CC(C)Oc1cccc(NC(=O)c2cc(S(=O)(=O)N3CCCCCC3)ccc2Cl)c1. The van der Waals surface area contributed by atoms with Crippen molar-refractivity contribution in [2.75, 3.05) is 18.4 Å². The maximum Gasteiger partial charge on any atom is 0.257 e. The average molecular weight is 451 g/mol. The third-order valence-electron chi connectivity index (χ3n) is 4.85. The zero-order valence-corrected chi connectivity index (χ0v) is 18.8. The van der Waals surface area contributed by atoms with Crippen molar-refractivity contribution in [1.29, 1.82) is 0 Å². The molecule has 0 unspecified atom stereocenters. The third-order valence-corrected chi connectivity index (χ3v) is 7.07. The smallest absolute Gasteiger partial charge is 0.257 e. The molecule has 0 radical (unpaired) electrons. The van der Waals surface area contributed by atoms with E-state index < -0.39 is 15.9 Å². The summed E-state index contributed by atoms with van der Waals surface area (Å²) in [5.74, 6) is 0.154. The molecule has 0 saturated carbocycles. The molecule has 1 amide bonds. The number of hydrogen-bond acceptors (Lipinski definition) is 4. The van der Waals surface area contributed by atoms with Gasteiger partial charge in [-0.3, -0.25) is 4.79 Å². The van der Waals surface area contributed by atoms with Crippen molar-refractivity contribution in [2.45, 2.75) is 50.5 Å². The Bertz CT molecular complexity index is 1000. The Morgan fingerprint density at radius 2 is 1.77 bits per heavy atom. The number of halogens is 1. The maximum absolute atomic E-state index is 13.1. The van der Waals surface area contributed by atoms with E-state index in [1.165, 1.54) is 22.5 Å². The monoisotopic (exact) mass is 450 g/mol. The molecular weight excluding hydrogens is 424 g/mol. The first-order valence-electron chi connectivity index (χ1n) is 10.1. The van der Waals surface area contributed by atoms with Crippen LogP contribution in [0, 0.1) is 0 Å². The van der Waals surface area contributed by atoms with E-state index in [0.29, 0.717) is 24.5 Å². The lowest BCUT2D eigenvalue weighted by Gasteiger charge is -2.20. The van der Waals surface area contributed by atoms with E-state index in [9.17, 15) is 13.2 Å². The van der Waals surface area contributed by atoms with Crippen LogP contribution in [0.1, 0.15) is 49.9 Å². The zero-order valence-electron chi connectivity index (χ0n) is 17.2. The van der Waals surface area contributed by atoms with Gasteiger partial charge >= 0.3 is 0 Å². The van der Waals surface area contributed by atoms with Crippen LogP contribution in [0.2, 0.25) is 5.02 Å². The second kappa shape index (κ2) is 9.81. The lowest BCUT2D eigenvalue weighted by atomic mass is 10.2. The predicted octanol–water partition coefficient (Wildman–Crippen LogP) is 4.94. The summed E-state index contributed by atoms with van der Waals surface area (Å²) >= 11 is 6.23. The summed E-state index contributed by atoms with van der Waals surface area (Å²) in [5.41, 5.74) is 0.651. The van der Waals surface area contributed by atoms with Gasteiger partial charge in [0.2, 0.25) is 10.0 Å². The highest BCUT2D eigenvalue weighted by Gasteiger charge is 2.26. The molecule has 8 heteroatoms. The molecule has 3 rings (SSSR count). The second-order valence-electron chi connectivity index (χ2n) is 7.61. The van der Waals surface area contributed by atoms with Crippen molar-refractivity contribution >= 4 is 33.2 Å². The van der Waals surface area contributed by atoms with E-state index in [2.05, 4.69) is 5.32 Å². The number of nitrogens with zero attached hydrogens (tertiary/aromatic N) is 1. The largest absolute Gasteiger partial charge is 0.491 e. The van der Waals surface area contributed by atoms with Gasteiger partial charge in [-0.2, -0.15) is 4.31 Å². The summed E-state index contributed by atoms with van der Waals surface area (Å²) in [7, 11) is -3.68. The van der Waals surface area contributed by atoms with Crippen molar-refractivity contribution in [1.82, 2.24) is 4.31 Å². The molecule has 0 atom stereocenters. The van der Waals surface area contributed by atoms with Crippen LogP contribution >= 0.6 is 11.6 Å². The van der Waals surface area contributed by atoms with E-state index in [-0.39, 0.29) is 21.6 Å². The van der Waals surface area contributed by atoms with Crippen LogP contribution in [-0.2, 0) is 10.0 Å². The Morgan fingerprint density at radius 1 is 1.07 bits per heavy atom. The van der Waals surface area contributed by atoms with Gasteiger partial charge in [-0.05, 0) is 57.0 Å². The first-order chi connectivity index (χ1) is 14.3. The normalized spacial score (nSPS) is 15.6. The standard InChI is InChI=1S/C22H27ClN2O4S/c1-16(2)29-18-9-7-8-17(14-18)24-22(26)20-15-19(10-11-21(20)23)30(27,28)25-12-5-3-4-6-13-25/h7-11,14-16H,3-6,12-13H2,1-2H3,(H,24,26). The maximum atomic E-state index is 13.1. The van der Waals surface area contributed by atoms with Gasteiger partial charge in [0.05, 0.1) is 21.6 Å². The fourth-order valence-corrected chi connectivity index (χ4v) is 5.13. The molecule has 2 aromatic carbocycles. The van der Waals surface area contributed by atoms with E-state index in [4.69, 9.17) is 16.3 Å². The molecule has 0 bridgehead atoms. The first kappa shape index (κ1) is 22.6. The molecule has 1 fully saturated rings. The topological polar surface area (TPSA) is 75.7 Å². The molecule has 30 heavy (non-hydrogen) atoms. The molecule has 0 aliphatic carbocycles. The number of nitrogens with one attached hydrogen (secondary N) is 1. The van der Waals surface area contributed by atoms with Crippen LogP contribution in [0.15, 0.2) is 47.4 Å². The number of sulfonamides is 1. The minimum atomic E-state index is -3.68. The van der Waals surface area contributed by atoms with Gasteiger partial charge in [-0.15, -0.1) is 0 Å². The van der Waals surface area contributed by atoms with Crippen LogP contribution in [0.5, 0.6) is 5.75 Å². The third kappa shape index (κ3) is 5.53. The summed E-state index contributed by atoms with van der Waals surface area (Å²) in [6, 6.07) is 11.3. The molecular formula is C22H27ClN2O4S. The predicted molar refractivity (Wildman–Crippen MR) is 119 cm³/mol. The molecule has 6 nitrogen and oxygen atoms in total. The summed E-state index contributed by atoms with van der Waals surface area (Å²) < 4.78 is 33.3. The van der Waals surface area contributed by atoms with E-state index in [1.54, 1.807) is 24.3 Å². The molecule has 2 aromatic rings. The Balaban J connectivity index is 1.83. The fourth-order valence-electron chi connectivity index (χ4n) is 3.39. The van der Waals surface area contributed by atoms with Crippen LogP contribution < -0.4 is 10.1 Å². The molecule has 1 aliphatic heterocycles. The molecule has 1 aliphatic rings. The highest BCUT2D eigenvalue weighted by Crippen LogP contribution is 2.26. The second-order valence-corrected chi connectivity index (χ2v) is 9.95. The highest BCUT2D eigenvalue weighted by molar-refractivity contribution is 7.89. The summed E-state index contributed by atoms with van der Waals surface area (Å²) in [4.78, 5) is 12.9. The van der Waals surface area contributed by atoms with Gasteiger partial charge in [0.1, 0.15) is 5.75 Å². The number of benzene rings is 2. The molecule has 1 N–H and O–H groups in total. The Kier molecular flexibility index (Phi) is 7.39. The van der Waals surface area contributed by atoms with Gasteiger partial charge < -0.3 is 10.1 Å². The Hall–Kier alpha value is -2.09. The van der Waals surface area contributed by atoms with Crippen molar-refractivity contribution in [3.63, 3.8) is 0 Å². The van der Waals surface area contributed by atoms with Crippen LogP contribution in [0.4, 0.5) is 5.69 Å². The lowest BCUT2D eigenvalue weighted by molar-refractivity contribution is 0.102. The quantitative estimate of drug-likeness (QED) is 0.675. The van der Waals surface area contributed by atoms with Gasteiger partial charge in [0, 0.05) is 24.8 Å². The minimum absolute atomic E-state index is 0.00581. The van der Waals surface area contributed by atoms with Gasteiger partial charge in [0.15, 0.2) is 0 Å². The Labute approximate surface area is 183 Å². The van der Waals surface area contributed by atoms with Crippen LogP contribution in [0.3, 0.4) is 0 Å². The first-order valence-corrected chi connectivity index (χ1v) is 12.0. The number of rotatable bonds is 6. The Morgan fingerprint density at radius 3 is 2.43 bits per heavy atom. The summed E-state index contributed by atoms with van der Waals surface area (Å²) in [6.45, 7) is 4.83. The zero-order chi connectivity index (χ0) is 21.7. The van der Waals surface area contributed by atoms with E-state index in [1.807, 2.05) is 13.8 Å². The average Bonchev–Trinajstić information content (AvgIpc) is 2.98. The van der Waals surface area contributed by atoms with Crippen LogP contribution in [0.25, 0.3) is 0 Å². The van der Waals surface area contributed by atoms with Crippen LogP contribution in [-0.4, -0.2) is 37.8 Å². The van der Waals surface area contributed by atoms with Crippen molar-refractivity contribution in [2.24, 2.45) is 0 Å². The number of anilines is 1. The number of hydrogen-bond donors (Lipinski definition) is 1. The minimum Gasteiger partial charge on any atom is -0.491 e. The van der Waals surface area contributed by atoms with Gasteiger partial charge in [-0.25, -0.2) is 8.42 Å². The van der Waals surface area contributed by atoms with Gasteiger partial charge in [0.25, 0.3) is 5.91 Å². The summed E-state index contributed by atoms with van der Waals surface area (Å²) in [6.07, 6.45) is 3.75. The number of ether oxygens (including phenoxy) is 1. The highest BCUT2D eigenvalue weighted by atomic mass is 35.5. The molecule has 0 aromatic heterocycles. The number of amides is 1. The van der Waals surface area contributed by atoms with Crippen molar-refractivity contribution in [3.05, 3.63) is 53.1 Å². The molecule has 1 saturated heterocycles. The van der Waals surface area contributed by atoms with E-state index >= 15 is 0 Å². The molecule has 0 spiro atoms. The lowest BCUT2D eigenvalue weighted by Crippen LogP contribution is -2.32. The molecule has 1 heterocycles. The fraction of sp³-hybridized carbons (Fsp3) is 0.409. The van der Waals surface area contributed by atoms with E-state index in [0.717, 1.165) is 25.7 Å². The number of carbonyl (C=O) groups is 1. The summed E-state index contributed by atoms with van der Waals surface area (Å²) in [5, 5.41) is 2.96. The van der Waals surface area contributed by atoms with Gasteiger partial charge in [-0.1, -0.05) is 30.5 Å². The van der Waals surface area contributed by atoms with Crippen molar-refractivity contribution < 1.29 is 17.9 Å². The number of carbonyl (C=O) groups excluding carboxylic acids is 1. The van der Waals surface area contributed by atoms with Crippen molar-refractivity contribution in [3.8, 4) is 5.75 Å². The molecule has 162 valence electrons.